The molecular weight excluding hydrogens is 428 g/mol. The van der Waals surface area contributed by atoms with Crippen LogP contribution in [-0.4, -0.2) is 28.7 Å². The summed E-state index contributed by atoms with van der Waals surface area (Å²) in [5.41, 5.74) is 5.82. The van der Waals surface area contributed by atoms with Gasteiger partial charge in [0, 0.05) is 12.4 Å². The van der Waals surface area contributed by atoms with E-state index in [-0.39, 0.29) is 12.6 Å². The summed E-state index contributed by atoms with van der Waals surface area (Å²) in [5.74, 6) is -0.274. The van der Waals surface area contributed by atoms with Crippen molar-refractivity contribution in [2.24, 2.45) is 0 Å². The molecule has 0 radical (unpaired) electrons. The minimum atomic E-state index is -0.961. The first kappa shape index (κ1) is 23.5. The maximum Gasteiger partial charge on any atom is 0.341 e. The number of allylic oxidation sites excluding steroid dienone is 1. The number of hydrogen-bond donors (Lipinski definition) is 1. The highest BCUT2D eigenvalue weighted by Crippen LogP contribution is 2.32. The van der Waals surface area contributed by atoms with Crippen LogP contribution >= 0.6 is 0 Å². The second-order valence-corrected chi connectivity index (χ2v) is 8.49. The number of nitrogens with zero attached hydrogens (tertiary/aromatic N) is 2. The Hall–Kier alpha value is -3.64. The van der Waals surface area contributed by atoms with Gasteiger partial charge in [0.15, 0.2) is 6.61 Å². The molecule has 1 aromatic heterocycles. The van der Waals surface area contributed by atoms with Gasteiger partial charge in [-0.25, -0.2) is 4.79 Å². The quantitative estimate of drug-likeness (QED) is 0.325. The Morgan fingerprint density at radius 3 is 2.65 bits per heavy atom. The third-order valence-electron chi connectivity index (χ3n) is 5.97. The molecule has 0 saturated carbocycles. The van der Waals surface area contributed by atoms with Gasteiger partial charge in [0.05, 0.1) is 11.7 Å². The number of pyridine rings is 1. The van der Waals surface area contributed by atoms with Gasteiger partial charge in [-0.1, -0.05) is 42.0 Å². The van der Waals surface area contributed by atoms with Crippen LogP contribution in [0.4, 0.5) is 5.69 Å². The maximum absolute atomic E-state index is 10.9. The fourth-order valence-electron chi connectivity index (χ4n) is 4.22. The minimum absolute atomic E-state index is 0.142. The molecule has 0 fully saturated rings. The molecule has 0 aliphatic heterocycles. The van der Waals surface area contributed by atoms with Crippen LogP contribution in [0.2, 0.25) is 0 Å². The van der Waals surface area contributed by atoms with Crippen LogP contribution in [0.3, 0.4) is 0 Å². The van der Waals surface area contributed by atoms with Gasteiger partial charge in [-0.15, -0.1) is 0 Å². The Balaban J connectivity index is 1.43. The van der Waals surface area contributed by atoms with Crippen molar-refractivity contribution in [3.63, 3.8) is 0 Å². The van der Waals surface area contributed by atoms with Crippen LogP contribution in [0.5, 0.6) is 5.75 Å². The molecule has 1 aliphatic rings. The molecule has 1 N–H and O–H groups in total. The lowest BCUT2D eigenvalue weighted by atomic mass is 9.86. The summed E-state index contributed by atoms with van der Waals surface area (Å²) in [6, 6.07) is 20.1. The number of ether oxygens (including phenoxy) is 1. The molecule has 1 heterocycles. The van der Waals surface area contributed by atoms with E-state index in [0.29, 0.717) is 12.4 Å². The average molecular weight is 459 g/mol. The lowest BCUT2D eigenvalue weighted by Gasteiger charge is -2.30. The van der Waals surface area contributed by atoms with Crippen LogP contribution in [-0.2, 0) is 29.1 Å². The number of hydroxylamine groups is 1. The van der Waals surface area contributed by atoms with E-state index in [2.05, 4.69) is 36.2 Å². The SMILES string of the molecule is CC(CC=C1CCc2c(cccc2OCC(=O)O)C1)N(OCc1ccncc1)c1ccccc1. The molecule has 34 heavy (non-hydrogen) atoms. The molecule has 176 valence electrons. The molecule has 3 aromatic rings. The second-order valence-electron chi connectivity index (χ2n) is 8.49. The smallest absolute Gasteiger partial charge is 0.341 e. The molecule has 6 nitrogen and oxygen atoms in total. The van der Waals surface area contributed by atoms with Crippen molar-refractivity contribution in [1.29, 1.82) is 0 Å². The highest BCUT2D eigenvalue weighted by Gasteiger charge is 2.19. The third-order valence-corrected chi connectivity index (χ3v) is 5.97. The van der Waals surface area contributed by atoms with Crippen molar-refractivity contribution in [3.8, 4) is 5.75 Å². The Morgan fingerprint density at radius 1 is 1.09 bits per heavy atom. The van der Waals surface area contributed by atoms with E-state index < -0.39 is 5.97 Å². The number of aromatic nitrogens is 1. The van der Waals surface area contributed by atoms with Crippen LogP contribution in [0.15, 0.2) is 84.7 Å². The van der Waals surface area contributed by atoms with Gasteiger partial charge >= 0.3 is 5.97 Å². The summed E-state index contributed by atoms with van der Waals surface area (Å²) in [7, 11) is 0. The molecule has 0 spiro atoms. The van der Waals surface area contributed by atoms with Gasteiger partial charge in [0.25, 0.3) is 0 Å². The zero-order valence-corrected chi connectivity index (χ0v) is 19.4. The van der Waals surface area contributed by atoms with Gasteiger partial charge in [-0.05, 0) is 79.6 Å². The molecule has 0 saturated heterocycles. The summed E-state index contributed by atoms with van der Waals surface area (Å²) in [4.78, 5) is 21.2. The van der Waals surface area contributed by atoms with Crippen molar-refractivity contribution in [3.05, 3.63) is 101 Å². The number of hydrogen-bond acceptors (Lipinski definition) is 5. The number of para-hydroxylation sites is 1. The van der Waals surface area contributed by atoms with Crippen molar-refractivity contribution < 1.29 is 19.5 Å². The number of carboxylic acid groups (broad SMARTS) is 1. The Morgan fingerprint density at radius 2 is 1.88 bits per heavy atom. The summed E-state index contributed by atoms with van der Waals surface area (Å²) < 4.78 is 5.50. The molecule has 1 unspecified atom stereocenters. The molecule has 1 aliphatic carbocycles. The number of rotatable bonds is 10. The highest BCUT2D eigenvalue weighted by molar-refractivity contribution is 5.68. The van der Waals surface area contributed by atoms with Crippen molar-refractivity contribution in [2.75, 3.05) is 11.7 Å². The van der Waals surface area contributed by atoms with E-state index in [0.717, 1.165) is 42.5 Å². The van der Waals surface area contributed by atoms with Crippen LogP contribution in [0.25, 0.3) is 0 Å². The molecular formula is C28H30N2O4. The largest absolute Gasteiger partial charge is 0.482 e. The minimum Gasteiger partial charge on any atom is -0.482 e. The highest BCUT2D eigenvalue weighted by atomic mass is 16.7. The van der Waals surface area contributed by atoms with E-state index in [9.17, 15) is 4.79 Å². The Bertz CT molecular complexity index is 1120. The molecule has 0 amide bonds. The predicted molar refractivity (Wildman–Crippen MR) is 132 cm³/mol. The first-order chi connectivity index (χ1) is 16.6. The van der Waals surface area contributed by atoms with Crippen LogP contribution < -0.4 is 9.80 Å². The normalized spacial score (nSPS) is 14.9. The zero-order chi connectivity index (χ0) is 23.8. The Labute approximate surface area is 200 Å². The summed E-state index contributed by atoms with van der Waals surface area (Å²) in [6.07, 6.45) is 9.38. The lowest BCUT2D eigenvalue weighted by Crippen LogP contribution is -2.33. The second kappa shape index (κ2) is 11.5. The van der Waals surface area contributed by atoms with E-state index in [1.165, 1.54) is 11.1 Å². The topological polar surface area (TPSA) is 71.9 Å². The summed E-state index contributed by atoms with van der Waals surface area (Å²) >= 11 is 0. The standard InChI is InChI=1S/C28H30N2O4/c1-21(30(25-7-3-2-4-8-25)34-19-23-14-16-29-17-15-23)10-11-22-12-13-26-24(18-22)6-5-9-27(26)33-20-28(31)32/h2-9,11,14-17,21H,10,12-13,18-20H2,1H3,(H,31,32). The molecule has 0 bridgehead atoms. The first-order valence-electron chi connectivity index (χ1n) is 11.6. The summed E-state index contributed by atoms with van der Waals surface area (Å²) in [6.45, 7) is 2.33. The predicted octanol–water partition coefficient (Wildman–Crippen LogP) is 5.38. The fraction of sp³-hybridized carbons (Fsp3) is 0.286. The van der Waals surface area contributed by atoms with E-state index in [1.54, 1.807) is 12.4 Å². The number of benzene rings is 2. The monoisotopic (exact) mass is 458 g/mol. The average Bonchev–Trinajstić information content (AvgIpc) is 2.87. The number of aliphatic carboxylic acids is 1. The summed E-state index contributed by atoms with van der Waals surface area (Å²) in [5, 5.41) is 10.9. The van der Waals surface area contributed by atoms with Gasteiger partial charge in [0.1, 0.15) is 12.4 Å². The Kier molecular flexibility index (Phi) is 7.94. The number of anilines is 1. The zero-order valence-electron chi connectivity index (χ0n) is 19.4. The van der Waals surface area contributed by atoms with E-state index in [4.69, 9.17) is 14.7 Å². The van der Waals surface area contributed by atoms with Gasteiger partial charge in [-0.3, -0.25) is 14.9 Å². The molecule has 1 atom stereocenters. The molecule has 2 aromatic carbocycles. The van der Waals surface area contributed by atoms with Gasteiger partial charge in [-0.2, -0.15) is 0 Å². The van der Waals surface area contributed by atoms with Gasteiger partial charge < -0.3 is 9.84 Å². The van der Waals surface area contributed by atoms with Gasteiger partial charge in [0.2, 0.25) is 0 Å². The van der Waals surface area contributed by atoms with E-state index in [1.807, 2.05) is 47.5 Å². The van der Waals surface area contributed by atoms with Crippen LogP contribution in [0.1, 0.15) is 36.5 Å². The number of carbonyl (C=O) groups is 1. The maximum atomic E-state index is 10.9. The van der Waals surface area contributed by atoms with Crippen LogP contribution in [0, 0.1) is 0 Å². The van der Waals surface area contributed by atoms with Crippen molar-refractivity contribution in [2.45, 2.75) is 45.3 Å². The lowest BCUT2D eigenvalue weighted by molar-refractivity contribution is -0.139. The third kappa shape index (κ3) is 6.23. The first-order valence-corrected chi connectivity index (χ1v) is 11.6. The van der Waals surface area contributed by atoms with Crippen molar-refractivity contribution >= 4 is 11.7 Å². The molecule has 6 heteroatoms. The molecule has 4 rings (SSSR count). The number of fused-ring (bicyclic) bond motifs is 1. The number of carboxylic acids is 1. The van der Waals surface area contributed by atoms with Crippen molar-refractivity contribution in [1.82, 2.24) is 4.98 Å². The van der Waals surface area contributed by atoms with E-state index >= 15 is 0 Å². The fourth-order valence-corrected chi connectivity index (χ4v) is 4.22.